The summed E-state index contributed by atoms with van der Waals surface area (Å²) in [7, 11) is -3.11. The summed E-state index contributed by atoms with van der Waals surface area (Å²) >= 11 is 1.63. The van der Waals surface area contributed by atoms with E-state index in [9.17, 15) is 8.42 Å². The highest BCUT2D eigenvalue weighted by molar-refractivity contribution is 7.88. The Morgan fingerprint density at radius 2 is 2.00 bits per heavy atom. The second kappa shape index (κ2) is 6.36. The molecule has 1 aliphatic carbocycles. The summed E-state index contributed by atoms with van der Waals surface area (Å²) in [5.74, 6) is 0. The van der Waals surface area contributed by atoms with Crippen molar-refractivity contribution in [1.82, 2.24) is 9.71 Å². The Bertz CT molecular complexity index is 734. The number of rotatable bonds is 7. The molecule has 0 unspecified atom stereocenters. The molecule has 0 amide bonds. The van der Waals surface area contributed by atoms with Crippen molar-refractivity contribution in [3.8, 4) is 11.3 Å². The lowest BCUT2D eigenvalue weighted by Gasteiger charge is -2.04. The minimum Gasteiger partial charge on any atom is -0.359 e. The van der Waals surface area contributed by atoms with Gasteiger partial charge in [0, 0.05) is 23.5 Å². The Morgan fingerprint density at radius 3 is 2.64 bits per heavy atom. The summed E-state index contributed by atoms with van der Waals surface area (Å²) in [5.41, 5.74) is 3.17. The number of sulfonamides is 1. The van der Waals surface area contributed by atoms with Crippen molar-refractivity contribution in [2.24, 2.45) is 0 Å². The van der Waals surface area contributed by atoms with Gasteiger partial charge < -0.3 is 5.32 Å². The molecule has 2 aromatic rings. The highest BCUT2D eigenvalue weighted by atomic mass is 32.2. The lowest BCUT2D eigenvalue weighted by atomic mass is 10.1. The summed E-state index contributed by atoms with van der Waals surface area (Å²) in [5, 5.41) is 6.45. The molecule has 22 heavy (non-hydrogen) atoms. The Balaban J connectivity index is 1.59. The fourth-order valence-electron chi connectivity index (χ4n) is 2.10. The van der Waals surface area contributed by atoms with E-state index in [0.717, 1.165) is 22.0 Å². The first-order valence-electron chi connectivity index (χ1n) is 7.26. The first-order valence-corrected chi connectivity index (χ1v) is 10.0. The maximum Gasteiger partial charge on any atom is 0.208 e. The van der Waals surface area contributed by atoms with E-state index in [2.05, 4.69) is 20.4 Å². The highest BCUT2D eigenvalue weighted by Crippen LogP contribution is 2.29. The van der Waals surface area contributed by atoms with Crippen LogP contribution in [0, 0.1) is 0 Å². The third kappa shape index (κ3) is 4.53. The van der Waals surface area contributed by atoms with Gasteiger partial charge in [-0.05, 0) is 24.8 Å². The van der Waals surface area contributed by atoms with Gasteiger partial charge in [0.15, 0.2) is 5.13 Å². The average molecular weight is 337 g/mol. The third-order valence-electron chi connectivity index (χ3n) is 3.44. The summed E-state index contributed by atoms with van der Waals surface area (Å²) < 4.78 is 24.5. The molecule has 2 N–H and O–H groups in total. The molecule has 5 nitrogen and oxygen atoms in total. The number of benzene rings is 1. The minimum atomic E-state index is -3.11. The zero-order chi connectivity index (χ0) is 15.6. The van der Waals surface area contributed by atoms with Crippen molar-refractivity contribution in [2.75, 3.05) is 18.1 Å². The lowest BCUT2D eigenvalue weighted by molar-refractivity contribution is 0.588. The van der Waals surface area contributed by atoms with Crippen LogP contribution < -0.4 is 10.0 Å². The van der Waals surface area contributed by atoms with Gasteiger partial charge in [0.05, 0.1) is 11.9 Å². The van der Waals surface area contributed by atoms with Gasteiger partial charge in [-0.1, -0.05) is 24.3 Å². The molecule has 0 saturated heterocycles. The molecule has 1 fully saturated rings. The predicted octanol–water partition coefficient (Wildman–Crippen LogP) is 2.48. The van der Waals surface area contributed by atoms with E-state index in [-0.39, 0.29) is 0 Å². The molecule has 0 atom stereocenters. The normalized spacial score (nSPS) is 15.0. The fourth-order valence-corrected chi connectivity index (χ4v) is 3.37. The number of nitrogens with zero attached hydrogens (tertiary/aromatic N) is 1. The molecule has 3 rings (SSSR count). The first kappa shape index (κ1) is 15.5. The van der Waals surface area contributed by atoms with Gasteiger partial charge in [0.25, 0.3) is 0 Å². The van der Waals surface area contributed by atoms with Crippen LogP contribution in [-0.2, 0) is 16.4 Å². The second-order valence-electron chi connectivity index (χ2n) is 5.57. The number of thiazole rings is 1. The van der Waals surface area contributed by atoms with Crippen molar-refractivity contribution < 1.29 is 8.42 Å². The molecule has 1 aromatic heterocycles. The van der Waals surface area contributed by atoms with Crippen LogP contribution in [0.15, 0.2) is 29.6 Å². The van der Waals surface area contributed by atoms with Crippen LogP contribution in [0.4, 0.5) is 5.13 Å². The van der Waals surface area contributed by atoms with E-state index < -0.39 is 10.0 Å². The number of hydrogen-bond donors (Lipinski definition) is 2. The summed E-state index contributed by atoms with van der Waals surface area (Å²) in [6, 6.07) is 8.72. The van der Waals surface area contributed by atoms with E-state index in [1.807, 2.05) is 24.3 Å². The zero-order valence-electron chi connectivity index (χ0n) is 12.4. The highest BCUT2D eigenvalue weighted by Gasteiger charge is 2.22. The predicted molar refractivity (Wildman–Crippen MR) is 90.7 cm³/mol. The molecule has 0 radical (unpaired) electrons. The molecule has 7 heteroatoms. The number of hydrogen-bond acceptors (Lipinski definition) is 5. The summed E-state index contributed by atoms with van der Waals surface area (Å²) in [6.45, 7) is 0.421. The SMILES string of the molecule is CS(=O)(=O)NCCc1ccc(-c2csc(NC3CC3)n2)cc1. The maximum atomic E-state index is 11.0. The van der Waals surface area contributed by atoms with E-state index >= 15 is 0 Å². The van der Waals surface area contributed by atoms with Crippen LogP contribution in [0.2, 0.25) is 0 Å². The third-order valence-corrected chi connectivity index (χ3v) is 4.94. The van der Waals surface area contributed by atoms with Crippen LogP contribution in [0.1, 0.15) is 18.4 Å². The van der Waals surface area contributed by atoms with Crippen LogP contribution in [0.3, 0.4) is 0 Å². The molecular weight excluding hydrogens is 318 g/mol. The van der Waals surface area contributed by atoms with Gasteiger partial charge in [-0.25, -0.2) is 18.1 Å². The monoisotopic (exact) mass is 337 g/mol. The molecule has 1 aromatic carbocycles. The van der Waals surface area contributed by atoms with Gasteiger partial charge in [-0.15, -0.1) is 11.3 Å². The number of nitrogens with one attached hydrogen (secondary N) is 2. The van der Waals surface area contributed by atoms with Crippen LogP contribution in [0.25, 0.3) is 11.3 Å². The number of anilines is 1. The minimum absolute atomic E-state index is 0.421. The van der Waals surface area contributed by atoms with Gasteiger partial charge in [0.1, 0.15) is 0 Å². The van der Waals surface area contributed by atoms with Crippen molar-refractivity contribution in [3.05, 3.63) is 35.2 Å². The largest absolute Gasteiger partial charge is 0.359 e. The van der Waals surface area contributed by atoms with E-state index in [1.165, 1.54) is 19.1 Å². The van der Waals surface area contributed by atoms with Gasteiger partial charge >= 0.3 is 0 Å². The van der Waals surface area contributed by atoms with Crippen LogP contribution in [0.5, 0.6) is 0 Å². The van der Waals surface area contributed by atoms with E-state index in [0.29, 0.717) is 19.0 Å². The molecule has 0 spiro atoms. The van der Waals surface area contributed by atoms with Crippen molar-refractivity contribution in [2.45, 2.75) is 25.3 Å². The van der Waals surface area contributed by atoms with Crippen molar-refractivity contribution in [3.63, 3.8) is 0 Å². The quantitative estimate of drug-likeness (QED) is 0.814. The Hall–Kier alpha value is -1.44. The average Bonchev–Trinajstić information content (AvgIpc) is 3.14. The van der Waals surface area contributed by atoms with Gasteiger partial charge in [-0.3, -0.25) is 0 Å². The van der Waals surface area contributed by atoms with Crippen molar-refractivity contribution >= 4 is 26.5 Å². The Morgan fingerprint density at radius 1 is 1.27 bits per heavy atom. The van der Waals surface area contributed by atoms with E-state index in [4.69, 9.17) is 0 Å². The first-order chi connectivity index (χ1) is 10.5. The molecule has 1 heterocycles. The zero-order valence-corrected chi connectivity index (χ0v) is 14.0. The topological polar surface area (TPSA) is 71.1 Å². The molecule has 0 aliphatic heterocycles. The maximum absolute atomic E-state index is 11.0. The lowest BCUT2D eigenvalue weighted by Crippen LogP contribution is -2.24. The summed E-state index contributed by atoms with van der Waals surface area (Å²) in [6.07, 6.45) is 4.33. The number of aromatic nitrogens is 1. The summed E-state index contributed by atoms with van der Waals surface area (Å²) in [4.78, 5) is 4.60. The fraction of sp³-hybridized carbons (Fsp3) is 0.400. The Kier molecular flexibility index (Phi) is 4.46. The molecular formula is C15H19N3O2S2. The van der Waals surface area contributed by atoms with Gasteiger partial charge in [-0.2, -0.15) is 0 Å². The van der Waals surface area contributed by atoms with Gasteiger partial charge in [0.2, 0.25) is 10.0 Å². The van der Waals surface area contributed by atoms with Crippen LogP contribution in [-0.4, -0.2) is 32.2 Å². The smallest absolute Gasteiger partial charge is 0.208 e. The Labute approximate surface area is 134 Å². The van der Waals surface area contributed by atoms with Crippen molar-refractivity contribution in [1.29, 1.82) is 0 Å². The molecule has 1 aliphatic rings. The molecule has 118 valence electrons. The molecule has 0 bridgehead atoms. The standard InChI is InChI=1S/C15H19N3O2S2/c1-22(19,20)16-9-8-11-2-4-12(5-3-11)14-10-21-15(18-14)17-13-6-7-13/h2-5,10,13,16H,6-9H2,1H3,(H,17,18). The van der Waals surface area contributed by atoms with E-state index in [1.54, 1.807) is 11.3 Å². The molecule has 1 saturated carbocycles. The second-order valence-corrected chi connectivity index (χ2v) is 8.26. The van der Waals surface area contributed by atoms with Crippen LogP contribution >= 0.6 is 11.3 Å².